The van der Waals surface area contributed by atoms with Gasteiger partial charge in [0.25, 0.3) is 0 Å². The Morgan fingerprint density at radius 1 is 1.20 bits per heavy atom. The standard InChI is InChI=1S/C12H19N3/c1-8-5-9(2)15(7-8)10-3-4-11(13)12(14)6-10/h3-4,6,8-9H,5,7,13-14H2,1-2H3. The summed E-state index contributed by atoms with van der Waals surface area (Å²) in [7, 11) is 0. The molecule has 1 aromatic carbocycles. The Labute approximate surface area is 91.1 Å². The Morgan fingerprint density at radius 2 is 1.93 bits per heavy atom. The Kier molecular flexibility index (Phi) is 2.47. The summed E-state index contributed by atoms with van der Waals surface area (Å²) in [6.45, 7) is 5.66. The van der Waals surface area contributed by atoms with Crippen molar-refractivity contribution >= 4 is 17.1 Å². The van der Waals surface area contributed by atoms with E-state index in [0.717, 1.165) is 12.5 Å². The molecule has 2 unspecified atom stereocenters. The van der Waals surface area contributed by atoms with Gasteiger partial charge in [-0.3, -0.25) is 0 Å². The van der Waals surface area contributed by atoms with Crippen LogP contribution in [0.1, 0.15) is 20.3 Å². The summed E-state index contributed by atoms with van der Waals surface area (Å²) >= 11 is 0. The highest BCUT2D eigenvalue weighted by molar-refractivity contribution is 5.70. The zero-order chi connectivity index (χ0) is 11.0. The van der Waals surface area contributed by atoms with Gasteiger partial charge < -0.3 is 16.4 Å². The van der Waals surface area contributed by atoms with E-state index in [1.807, 2.05) is 12.1 Å². The van der Waals surface area contributed by atoms with Crippen molar-refractivity contribution in [3.05, 3.63) is 18.2 Å². The van der Waals surface area contributed by atoms with Crippen LogP contribution < -0.4 is 16.4 Å². The van der Waals surface area contributed by atoms with Crippen molar-refractivity contribution in [2.45, 2.75) is 26.3 Å². The molecule has 15 heavy (non-hydrogen) atoms. The van der Waals surface area contributed by atoms with E-state index in [-0.39, 0.29) is 0 Å². The Hall–Kier alpha value is -1.38. The van der Waals surface area contributed by atoms with Crippen molar-refractivity contribution in [2.75, 3.05) is 22.9 Å². The van der Waals surface area contributed by atoms with Gasteiger partial charge in [-0.25, -0.2) is 0 Å². The highest BCUT2D eigenvalue weighted by Crippen LogP contribution is 2.31. The topological polar surface area (TPSA) is 55.3 Å². The fraction of sp³-hybridized carbons (Fsp3) is 0.500. The van der Waals surface area contributed by atoms with E-state index in [1.54, 1.807) is 0 Å². The van der Waals surface area contributed by atoms with E-state index in [1.165, 1.54) is 12.1 Å². The molecular weight excluding hydrogens is 186 g/mol. The molecule has 3 heteroatoms. The van der Waals surface area contributed by atoms with Crippen LogP contribution in [0.2, 0.25) is 0 Å². The molecule has 0 aromatic heterocycles. The van der Waals surface area contributed by atoms with Gasteiger partial charge in [0.15, 0.2) is 0 Å². The first-order valence-corrected chi connectivity index (χ1v) is 5.49. The lowest BCUT2D eigenvalue weighted by molar-refractivity contribution is 0.625. The SMILES string of the molecule is CC1CC(C)N(c2ccc(N)c(N)c2)C1. The molecule has 82 valence electrons. The number of hydrogen-bond acceptors (Lipinski definition) is 3. The Bertz CT molecular complexity index is 362. The maximum absolute atomic E-state index is 5.82. The molecule has 0 amide bonds. The molecule has 1 saturated heterocycles. The molecule has 0 bridgehead atoms. The number of anilines is 3. The minimum atomic E-state index is 0.600. The number of hydrogen-bond donors (Lipinski definition) is 2. The molecule has 2 atom stereocenters. The number of benzene rings is 1. The molecule has 1 aliphatic rings. The summed E-state index contributed by atoms with van der Waals surface area (Å²) < 4.78 is 0. The first-order chi connectivity index (χ1) is 7.08. The number of nitrogens with zero attached hydrogens (tertiary/aromatic N) is 1. The van der Waals surface area contributed by atoms with Crippen LogP contribution in [-0.4, -0.2) is 12.6 Å². The third-order valence-electron chi connectivity index (χ3n) is 3.19. The Balaban J connectivity index is 2.26. The van der Waals surface area contributed by atoms with E-state index in [9.17, 15) is 0 Å². The maximum atomic E-state index is 5.82. The molecule has 4 N–H and O–H groups in total. The van der Waals surface area contributed by atoms with Crippen LogP contribution in [0.25, 0.3) is 0 Å². The normalized spacial score (nSPS) is 25.9. The van der Waals surface area contributed by atoms with E-state index in [4.69, 9.17) is 11.5 Å². The van der Waals surface area contributed by atoms with Crippen LogP contribution in [0.15, 0.2) is 18.2 Å². The van der Waals surface area contributed by atoms with Crippen molar-refractivity contribution in [1.29, 1.82) is 0 Å². The molecular formula is C12H19N3. The predicted molar refractivity (Wildman–Crippen MR) is 65.9 cm³/mol. The fourth-order valence-corrected chi connectivity index (χ4v) is 2.40. The third kappa shape index (κ3) is 1.87. The van der Waals surface area contributed by atoms with Crippen LogP contribution in [0, 0.1) is 5.92 Å². The zero-order valence-electron chi connectivity index (χ0n) is 9.40. The number of rotatable bonds is 1. The average molecular weight is 205 g/mol. The molecule has 0 spiro atoms. The van der Waals surface area contributed by atoms with Gasteiger partial charge >= 0.3 is 0 Å². The highest BCUT2D eigenvalue weighted by Gasteiger charge is 2.26. The van der Waals surface area contributed by atoms with E-state index < -0.39 is 0 Å². The summed E-state index contributed by atoms with van der Waals surface area (Å²) in [6.07, 6.45) is 1.25. The summed E-state index contributed by atoms with van der Waals surface area (Å²) in [5.41, 5.74) is 14.1. The van der Waals surface area contributed by atoms with Crippen molar-refractivity contribution in [2.24, 2.45) is 5.92 Å². The molecule has 1 fully saturated rings. The molecule has 0 radical (unpaired) electrons. The third-order valence-corrected chi connectivity index (χ3v) is 3.19. The molecule has 0 aliphatic carbocycles. The van der Waals surface area contributed by atoms with Crippen LogP contribution in [-0.2, 0) is 0 Å². The molecule has 1 heterocycles. The average Bonchev–Trinajstić information content (AvgIpc) is 2.50. The van der Waals surface area contributed by atoms with Crippen molar-refractivity contribution < 1.29 is 0 Å². The van der Waals surface area contributed by atoms with Gasteiger partial charge in [0, 0.05) is 18.3 Å². The second kappa shape index (κ2) is 3.65. The van der Waals surface area contributed by atoms with Crippen LogP contribution >= 0.6 is 0 Å². The van der Waals surface area contributed by atoms with Crippen LogP contribution in [0.3, 0.4) is 0 Å². The minimum Gasteiger partial charge on any atom is -0.397 e. The largest absolute Gasteiger partial charge is 0.397 e. The van der Waals surface area contributed by atoms with Crippen LogP contribution in [0.4, 0.5) is 17.1 Å². The van der Waals surface area contributed by atoms with E-state index in [2.05, 4.69) is 24.8 Å². The molecule has 1 aliphatic heterocycles. The highest BCUT2D eigenvalue weighted by atomic mass is 15.2. The monoisotopic (exact) mass is 205 g/mol. The minimum absolute atomic E-state index is 0.600. The van der Waals surface area contributed by atoms with Crippen molar-refractivity contribution in [3.8, 4) is 0 Å². The zero-order valence-corrected chi connectivity index (χ0v) is 9.40. The molecule has 3 nitrogen and oxygen atoms in total. The second-order valence-electron chi connectivity index (χ2n) is 4.66. The maximum Gasteiger partial charge on any atom is 0.0568 e. The summed E-state index contributed by atoms with van der Waals surface area (Å²) in [4.78, 5) is 2.40. The van der Waals surface area contributed by atoms with Crippen LogP contribution in [0.5, 0.6) is 0 Å². The van der Waals surface area contributed by atoms with Gasteiger partial charge in [-0.05, 0) is 37.5 Å². The second-order valence-corrected chi connectivity index (χ2v) is 4.66. The summed E-state index contributed by atoms with van der Waals surface area (Å²) in [5, 5.41) is 0. The summed E-state index contributed by atoms with van der Waals surface area (Å²) in [5.74, 6) is 0.763. The fourth-order valence-electron chi connectivity index (χ4n) is 2.40. The summed E-state index contributed by atoms with van der Waals surface area (Å²) in [6, 6.07) is 6.52. The predicted octanol–water partition coefficient (Wildman–Crippen LogP) is 2.09. The molecule has 2 rings (SSSR count). The van der Waals surface area contributed by atoms with Crippen molar-refractivity contribution in [3.63, 3.8) is 0 Å². The number of nitrogen functional groups attached to an aromatic ring is 2. The van der Waals surface area contributed by atoms with Gasteiger partial charge in [-0.1, -0.05) is 6.92 Å². The number of nitrogens with two attached hydrogens (primary N) is 2. The van der Waals surface area contributed by atoms with Crippen molar-refractivity contribution in [1.82, 2.24) is 0 Å². The lowest BCUT2D eigenvalue weighted by Crippen LogP contribution is -2.26. The van der Waals surface area contributed by atoms with Gasteiger partial charge in [0.1, 0.15) is 0 Å². The molecule has 0 saturated carbocycles. The van der Waals surface area contributed by atoms with E-state index in [0.29, 0.717) is 17.4 Å². The Morgan fingerprint density at radius 3 is 2.47 bits per heavy atom. The van der Waals surface area contributed by atoms with Gasteiger partial charge in [-0.15, -0.1) is 0 Å². The first-order valence-electron chi connectivity index (χ1n) is 5.49. The van der Waals surface area contributed by atoms with Gasteiger partial charge in [-0.2, -0.15) is 0 Å². The first kappa shape index (κ1) is 10.1. The van der Waals surface area contributed by atoms with Gasteiger partial charge in [0.2, 0.25) is 0 Å². The lowest BCUT2D eigenvalue weighted by atomic mass is 10.1. The lowest BCUT2D eigenvalue weighted by Gasteiger charge is -2.24. The van der Waals surface area contributed by atoms with E-state index >= 15 is 0 Å². The smallest absolute Gasteiger partial charge is 0.0568 e. The van der Waals surface area contributed by atoms with Gasteiger partial charge in [0.05, 0.1) is 11.4 Å². The molecule has 1 aromatic rings. The quantitative estimate of drug-likeness (QED) is 0.690.